The van der Waals surface area contributed by atoms with E-state index in [4.69, 9.17) is 9.47 Å². The van der Waals surface area contributed by atoms with Gasteiger partial charge >= 0.3 is 0 Å². The maximum absolute atomic E-state index is 14.1. The highest BCUT2D eigenvalue weighted by Crippen LogP contribution is 2.28. The molecule has 0 aromatic heterocycles. The van der Waals surface area contributed by atoms with Crippen molar-refractivity contribution in [2.45, 2.75) is 71.1 Å². The Hall–Kier alpha value is -2.25. The number of hydrogen-bond acceptors (Lipinski definition) is 8. The number of ether oxygens (including phenoxy) is 2. The standard InChI is InChI=1S/C29H50N4O7S/c1-21-18-33(22(2)20-34)29(36)25-17-24(30-28(35)12-10-15-31(4)5)13-14-26(25)40-23(3)11-8-9-16-39-27(21)19-32(6)41(7,37)38/h13-14,17,21-23,27,34H,8-12,15-16,18-20H2,1-7H3,(H,30,35)/t21-,22+,23-,27+/m0/s1. The first-order valence-corrected chi connectivity index (χ1v) is 16.3. The molecule has 2 amide bonds. The van der Waals surface area contributed by atoms with E-state index >= 15 is 0 Å². The number of benzene rings is 1. The maximum Gasteiger partial charge on any atom is 0.258 e. The van der Waals surface area contributed by atoms with Gasteiger partial charge in [-0.05, 0) is 78.4 Å². The molecular formula is C29H50N4O7S. The fourth-order valence-electron chi connectivity index (χ4n) is 4.63. The fraction of sp³-hybridized carbons (Fsp3) is 0.724. The lowest BCUT2D eigenvalue weighted by atomic mass is 10.0. The molecule has 0 aliphatic carbocycles. The molecule has 1 aromatic carbocycles. The zero-order valence-electron chi connectivity index (χ0n) is 25.8. The van der Waals surface area contributed by atoms with Crippen LogP contribution in [0.15, 0.2) is 18.2 Å². The number of fused-ring (bicyclic) bond motifs is 1. The Morgan fingerprint density at radius 2 is 1.93 bits per heavy atom. The summed E-state index contributed by atoms with van der Waals surface area (Å²) in [6.45, 7) is 6.97. The number of carbonyl (C=O) groups is 2. The first-order chi connectivity index (χ1) is 19.2. The van der Waals surface area contributed by atoms with Crippen LogP contribution in [0.4, 0.5) is 5.69 Å². The molecule has 1 aromatic rings. The van der Waals surface area contributed by atoms with Gasteiger partial charge in [0.05, 0.1) is 36.7 Å². The zero-order chi connectivity index (χ0) is 30.7. The lowest BCUT2D eigenvalue weighted by Crippen LogP contribution is -2.47. The van der Waals surface area contributed by atoms with Crippen LogP contribution in [-0.2, 0) is 19.6 Å². The van der Waals surface area contributed by atoms with Gasteiger partial charge < -0.3 is 29.7 Å². The molecule has 0 unspecified atom stereocenters. The van der Waals surface area contributed by atoms with Gasteiger partial charge in [-0.1, -0.05) is 6.92 Å². The van der Waals surface area contributed by atoms with Crippen molar-refractivity contribution in [3.63, 3.8) is 0 Å². The van der Waals surface area contributed by atoms with Gasteiger partial charge in [-0.2, -0.15) is 0 Å². The normalized spacial score (nSPS) is 22.1. The van der Waals surface area contributed by atoms with Crippen molar-refractivity contribution in [2.75, 3.05) is 65.6 Å². The molecule has 1 aliphatic heterocycles. The number of aliphatic hydroxyl groups is 1. The van der Waals surface area contributed by atoms with Gasteiger partial charge in [0.25, 0.3) is 5.91 Å². The number of nitrogens with one attached hydrogen (secondary N) is 1. The largest absolute Gasteiger partial charge is 0.490 e. The smallest absolute Gasteiger partial charge is 0.258 e. The van der Waals surface area contributed by atoms with Gasteiger partial charge in [0.2, 0.25) is 15.9 Å². The summed E-state index contributed by atoms with van der Waals surface area (Å²) in [7, 11) is 2.00. The number of sulfonamides is 1. The van der Waals surface area contributed by atoms with Crippen LogP contribution in [0, 0.1) is 5.92 Å². The number of nitrogens with zero attached hydrogens (tertiary/aromatic N) is 3. The SMILES string of the molecule is C[C@H](CO)N1C[C@H](C)[C@@H](CN(C)S(C)(=O)=O)OCCCC[C@H](C)Oc2ccc(NC(=O)CCCN(C)C)cc2C1=O. The molecule has 11 nitrogen and oxygen atoms in total. The monoisotopic (exact) mass is 598 g/mol. The summed E-state index contributed by atoms with van der Waals surface area (Å²) in [6.07, 6.45) is 3.93. The molecule has 41 heavy (non-hydrogen) atoms. The average Bonchev–Trinajstić information content (AvgIpc) is 2.89. The number of hydrogen-bond donors (Lipinski definition) is 2. The Morgan fingerprint density at radius 3 is 2.56 bits per heavy atom. The van der Waals surface area contributed by atoms with E-state index in [0.29, 0.717) is 36.4 Å². The maximum atomic E-state index is 14.1. The van der Waals surface area contributed by atoms with Gasteiger partial charge in [-0.25, -0.2) is 12.7 Å². The van der Waals surface area contributed by atoms with Crippen molar-refractivity contribution in [3.05, 3.63) is 23.8 Å². The lowest BCUT2D eigenvalue weighted by Gasteiger charge is -2.35. The van der Waals surface area contributed by atoms with E-state index in [1.54, 1.807) is 30.0 Å². The summed E-state index contributed by atoms with van der Waals surface area (Å²) in [6, 6.07) is 4.55. The van der Waals surface area contributed by atoms with E-state index in [2.05, 4.69) is 5.32 Å². The fourth-order valence-corrected chi connectivity index (χ4v) is 5.05. The molecule has 2 rings (SSSR count). The van der Waals surface area contributed by atoms with E-state index in [-0.39, 0.29) is 43.5 Å². The van der Waals surface area contributed by atoms with Crippen LogP contribution < -0.4 is 10.1 Å². The van der Waals surface area contributed by atoms with Crippen molar-refractivity contribution in [2.24, 2.45) is 5.92 Å². The number of rotatable bonds is 10. The molecule has 0 saturated heterocycles. The highest BCUT2D eigenvalue weighted by molar-refractivity contribution is 7.88. The molecule has 0 bridgehead atoms. The molecule has 0 spiro atoms. The first-order valence-electron chi connectivity index (χ1n) is 14.4. The predicted molar refractivity (Wildman–Crippen MR) is 161 cm³/mol. The van der Waals surface area contributed by atoms with E-state index < -0.39 is 22.2 Å². The molecule has 0 fully saturated rings. The molecule has 12 heteroatoms. The van der Waals surface area contributed by atoms with Crippen molar-refractivity contribution >= 4 is 27.5 Å². The molecule has 4 atom stereocenters. The van der Waals surface area contributed by atoms with Gasteiger partial charge in [0.15, 0.2) is 0 Å². The Bertz CT molecular complexity index is 1100. The summed E-state index contributed by atoms with van der Waals surface area (Å²) in [5.41, 5.74) is 0.781. The van der Waals surface area contributed by atoms with Crippen molar-refractivity contribution < 1.29 is 32.6 Å². The second kappa shape index (κ2) is 16.4. The number of anilines is 1. The minimum Gasteiger partial charge on any atom is -0.490 e. The third-order valence-electron chi connectivity index (χ3n) is 7.35. The number of aliphatic hydroxyl groups excluding tert-OH is 1. The van der Waals surface area contributed by atoms with Crippen LogP contribution in [0.1, 0.15) is 63.2 Å². The second-order valence-corrected chi connectivity index (χ2v) is 13.6. The summed E-state index contributed by atoms with van der Waals surface area (Å²) < 4.78 is 37.9. The molecule has 0 saturated carbocycles. The van der Waals surface area contributed by atoms with Crippen LogP contribution in [0.3, 0.4) is 0 Å². The van der Waals surface area contributed by atoms with Crippen LogP contribution in [0.25, 0.3) is 0 Å². The zero-order valence-corrected chi connectivity index (χ0v) is 26.6. The second-order valence-electron chi connectivity index (χ2n) is 11.5. The predicted octanol–water partition coefficient (Wildman–Crippen LogP) is 2.65. The van der Waals surface area contributed by atoms with Gasteiger partial charge in [0.1, 0.15) is 5.75 Å². The first kappa shape index (κ1) is 34.9. The number of likely N-dealkylation sites (N-methyl/N-ethyl adjacent to an activating group) is 1. The van der Waals surface area contributed by atoms with Crippen LogP contribution in [0.2, 0.25) is 0 Å². The van der Waals surface area contributed by atoms with Crippen LogP contribution >= 0.6 is 0 Å². The average molecular weight is 599 g/mol. The van der Waals surface area contributed by atoms with Gasteiger partial charge in [0, 0.05) is 44.8 Å². The summed E-state index contributed by atoms with van der Waals surface area (Å²) in [5, 5.41) is 13.0. The van der Waals surface area contributed by atoms with E-state index in [1.807, 2.05) is 32.8 Å². The van der Waals surface area contributed by atoms with Gasteiger partial charge in [-0.3, -0.25) is 9.59 Å². The third-order valence-corrected chi connectivity index (χ3v) is 8.63. The molecule has 1 aliphatic rings. The van der Waals surface area contributed by atoms with Crippen LogP contribution in [0.5, 0.6) is 5.75 Å². The number of carbonyl (C=O) groups excluding carboxylic acids is 2. The van der Waals surface area contributed by atoms with E-state index in [1.165, 1.54) is 11.4 Å². The van der Waals surface area contributed by atoms with E-state index in [0.717, 1.165) is 32.1 Å². The number of amides is 2. The topological polar surface area (TPSA) is 129 Å². The Morgan fingerprint density at radius 1 is 1.22 bits per heavy atom. The minimum atomic E-state index is -3.42. The Kier molecular flexibility index (Phi) is 14.0. The van der Waals surface area contributed by atoms with Crippen molar-refractivity contribution in [1.29, 1.82) is 0 Å². The summed E-state index contributed by atoms with van der Waals surface area (Å²) in [5.74, 6) is -0.323. The van der Waals surface area contributed by atoms with E-state index in [9.17, 15) is 23.1 Å². The third kappa shape index (κ3) is 11.5. The molecular weight excluding hydrogens is 548 g/mol. The molecule has 0 radical (unpaired) electrons. The quantitative estimate of drug-likeness (QED) is 0.421. The van der Waals surface area contributed by atoms with Crippen molar-refractivity contribution in [1.82, 2.24) is 14.1 Å². The molecule has 2 N–H and O–H groups in total. The lowest BCUT2D eigenvalue weighted by molar-refractivity contribution is -0.116. The van der Waals surface area contributed by atoms with Crippen LogP contribution in [-0.4, -0.2) is 118 Å². The summed E-state index contributed by atoms with van der Waals surface area (Å²) in [4.78, 5) is 30.3. The minimum absolute atomic E-state index is 0.140. The highest BCUT2D eigenvalue weighted by atomic mass is 32.2. The Labute approximate surface area is 246 Å². The Balaban J connectivity index is 2.43. The highest BCUT2D eigenvalue weighted by Gasteiger charge is 2.31. The van der Waals surface area contributed by atoms with Gasteiger partial charge in [-0.15, -0.1) is 0 Å². The molecule has 1 heterocycles. The summed E-state index contributed by atoms with van der Waals surface area (Å²) >= 11 is 0. The molecule has 234 valence electrons. The van der Waals surface area contributed by atoms with Crippen molar-refractivity contribution in [3.8, 4) is 5.75 Å².